The van der Waals surface area contributed by atoms with Gasteiger partial charge >= 0.3 is 32.8 Å². The Labute approximate surface area is 379 Å². The van der Waals surface area contributed by atoms with Crippen LogP contribution in [0.4, 0.5) is 22.7 Å². The molecular weight excluding hydrogens is 942 g/mol. The molecule has 7 heteroatoms. The second-order valence-corrected chi connectivity index (χ2v) is 19.0. The number of nitriles is 1. The first-order valence-corrected chi connectivity index (χ1v) is 20.9. The molecule has 0 N–H and O–H groups in total. The van der Waals surface area contributed by atoms with Crippen LogP contribution in [0.2, 0.25) is 0 Å². The van der Waals surface area contributed by atoms with Gasteiger partial charge in [-0.1, -0.05) is 127 Å². The molecule has 0 spiro atoms. The van der Waals surface area contributed by atoms with E-state index in [2.05, 4.69) is 173 Å². The Kier molecular flexibility index (Phi) is 10.8. The maximum absolute atomic E-state index is 9.78. The number of nitrogens with zero attached hydrogens (tertiary/aromatic N) is 5. The van der Waals surface area contributed by atoms with E-state index in [4.69, 9.17) is 9.72 Å². The maximum Gasteiger partial charge on any atom is 2.00 e. The van der Waals surface area contributed by atoms with E-state index in [-0.39, 0.29) is 37.3 Å². The van der Waals surface area contributed by atoms with Crippen LogP contribution in [0.1, 0.15) is 84.6 Å². The molecule has 6 aromatic carbocycles. The summed E-state index contributed by atoms with van der Waals surface area (Å²) in [6, 6.07) is 57.0. The fraction of sp³-hybridized carbons (Fsp3) is 0.218. The van der Waals surface area contributed by atoms with Crippen LogP contribution in [0, 0.1) is 23.5 Å². The number of para-hydroxylation sites is 2. The third kappa shape index (κ3) is 7.84. The summed E-state index contributed by atoms with van der Waals surface area (Å²) in [7, 11) is 0. The zero-order valence-corrected chi connectivity index (χ0v) is 38.9. The Hall–Kier alpha value is -6.37. The van der Waals surface area contributed by atoms with Crippen molar-refractivity contribution in [2.75, 3.05) is 0 Å². The number of pyridine rings is 1. The van der Waals surface area contributed by atoms with Crippen molar-refractivity contribution in [2.45, 2.75) is 78.6 Å². The van der Waals surface area contributed by atoms with Gasteiger partial charge in [0.2, 0.25) is 5.69 Å². The molecule has 62 heavy (non-hydrogen) atoms. The first-order valence-electron chi connectivity index (χ1n) is 20.9. The third-order valence-electron chi connectivity index (χ3n) is 11.5. The van der Waals surface area contributed by atoms with Gasteiger partial charge in [0.1, 0.15) is 11.5 Å². The summed E-state index contributed by atoms with van der Waals surface area (Å²) >= 11 is 0. The quantitative estimate of drug-likeness (QED) is 0.123. The minimum absolute atomic E-state index is 0. The average molecular weight is 991 g/mol. The van der Waals surface area contributed by atoms with Crippen LogP contribution < -0.4 is 13.9 Å². The molecule has 3 heterocycles. The summed E-state index contributed by atoms with van der Waals surface area (Å²) in [6.45, 7) is 20.3. The van der Waals surface area contributed by atoms with Crippen LogP contribution in [0.25, 0.3) is 38.8 Å². The molecule has 0 radical (unpaired) electrons. The molecule has 1 aliphatic rings. The molecule has 0 saturated carbocycles. The molecule has 0 unspecified atom stereocenters. The number of benzene rings is 6. The van der Waals surface area contributed by atoms with E-state index in [1.807, 2.05) is 60.8 Å². The number of rotatable bonds is 6. The minimum Gasteiger partial charge on any atom is -0.509 e. The van der Waals surface area contributed by atoms with Gasteiger partial charge in [0, 0.05) is 41.4 Å². The fourth-order valence-corrected chi connectivity index (χ4v) is 8.02. The number of aromatic nitrogens is 2. The Morgan fingerprint density at radius 3 is 2.03 bits per heavy atom. The summed E-state index contributed by atoms with van der Waals surface area (Å²) in [5, 5.41) is 11.7. The standard InChI is InChI=1S/C55H49N5O.Pt/c1-53(2,3)38-25-26-57-51(31-38)60-48-24-21-36(34-56)27-47(48)46-23-22-44(33-50(46)60)61-43-18-13-17-42(32-43)58-35-59(41-15-11-10-12-16-41)52-45(19-14-20-49(52)58)37-28-39(54(4,5)6)30-40(29-37)55(7,8)9;/h10-31H,1-9H3;/q;+2. The van der Waals surface area contributed by atoms with Gasteiger partial charge < -0.3 is 9.30 Å². The van der Waals surface area contributed by atoms with E-state index in [1.165, 1.54) is 22.3 Å². The first-order chi connectivity index (χ1) is 29.1. The average Bonchev–Trinajstić information content (AvgIpc) is 3.79. The summed E-state index contributed by atoms with van der Waals surface area (Å²) in [5.41, 5.74) is 12.1. The van der Waals surface area contributed by atoms with Crippen molar-refractivity contribution >= 4 is 50.6 Å². The predicted molar refractivity (Wildman–Crippen MR) is 250 cm³/mol. The Bertz CT molecular complexity index is 3130. The normalized spacial score (nSPS) is 12.7. The Morgan fingerprint density at radius 2 is 1.34 bits per heavy atom. The van der Waals surface area contributed by atoms with E-state index in [1.54, 1.807) is 0 Å². The summed E-state index contributed by atoms with van der Waals surface area (Å²) in [5.74, 6) is 1.86. The van der Waals surface area contributed by atoms with Gasteiger partial charge in [0.25, 0.3) is 5.69 Å². The molecule has 0 saturated heterocycles. The van der Waals surface area contributed by atoms with Gasteiger partial charge in [-0.3, -0.25) is 0 Å². The van der Waals surface area contributed by atoms with Crippen molar-refractivity contribution < 1.29 is 25.8 Å². The van der Waals surface area contributed by atoms with Crippen molar-refractivity contribution in [3.8, 4) is 34.5 Å². The maximum atomic E-state index is 9.78. The molecule has 8 aromatic rings. The van der Waals surface area contributed by atoms with E-state index in [9.17, 15) is 5.26 Å². The summed E-state index contributed by atoms with van der Waals surface area (Å²) in [4.78, 5) is 4.82. The number of fused-ring (bicyclic) bond motifs is 4. The zero-order chi connectivity index (χ0) is 42.8. The molecule has 308 valence electrons. The zero-order valence-electron chi connectivity index (χ0n) is 36.7. The van der Waals surface area contributed by atoms with Crippen molar-refractivity contribution in [1.29, 1.82) is 5.26 Å². The van der Waals surface area contributed by atoms with Gasteiger partial charge in [-0.15, -0.1) is 23.6 Å². The van der Waals surface area contributed by atoms with Crippen LogP contribution in [0.5, 0.6) is 11.5 Å². The smallest absolute Gasteiger partial charge is 0.509 e. The van der Waals surface area contributed by atoms with E-state index < -0.39 is 0 Å². The predicted octanol–water partition coefficient (Wildman–Crippen LogP) is 13.9. The van der Waals surface area contributed by atoms with E-state index in [0.717, 1.165) is 55.9 Å². The van der Waals surface area contributed by atoms with Crippen LogP contribution in [0.15, 0.2) is 134 Å². The molecule has 1 aliphatic heterocycles. The number of hydrogen-bond donors (Lipinski definition) is 0. The van der Waals surface area contributed by atoms with Gasteiger partial charge in [-0.05, 0) is 84.9 Å². The molecule has 0 bridgehead atoms. The molecule has 0 atom stereocenters. The molecule has 9 rings (SSSR count). The second-order valence-electron chi connectivity index (χ2n) is 19.0. The van der Waals surface area contributed by atoms with Crippen LogP contribution in [0.3, 0.4) is 0 Å². The third-order valence-corrected chi connectivity index (χ3v) is 11.5. The SMILES string of the molecule is CC(C)(C)c1cc(-c2cccc3c2[N+](c2ccccc2)=C=[N+]3c2[c-]c(Oc3[c-]c4c(cc3)c3cc(C#N)ccc3n4-c3cc(C(C)(C)C)ccn3)ccc2)cc(C(C)(C)C)c1.[Pt+2]. The largest absolute Gasteiger partial charge is 2.00 e. The molecule has 6 nitrogen and oxygen atoms in total. The molecule has 2 aromatic heterocycles. The number of ether oxygens (including phenoxy) is 1. The van der Waals surface area contributed by atoms with Gasteiger partial charge in [-0.2, -0.15) is 17.4 Å². The molecule has 0 fully saturated rings. The molecular formula is C55H49N5OPt+2. The van der Waals surface area contributed by atoms with Crippen LogP contribution in [-0.2, 0) is 37.3 Å². The van der Waals surface area contributed by atoms with Gasteiger partial charge in [-0.25, -0.2) is 4.98 Å². The van der Waals surface area contributed by atoms with Crippen molar-refractivity contribution in [3.05, 3.63) is 168 Å². The number of hydrogen-bond acceptors (Lipinski definition) is 3. The monoisotopic (exact) mass is 990 g/mol. The minimum atomic E-state index is -0.0687. The van der Waals surface area contributed by atoms with Crippen molar-refractivity contribution in [1.82, 2.24) is 18.7 Å². The van der Waals surface area contributed by atoms with Gasteiger partial charge in [0.05, 0.1) is 17.2 Å². The fourth-order valence-electron chi connectivity index (χ4n) is 8.02. The van der Waals surface area contributed by atoms with Crippen LogP contribution >= 0.6 is 0 Å². The van der Waals surface area contributed by atoms with Crippen molar-refractivity contribution in [3.63, 3.8) is 0 Å². The summed E-state index contributed by atoms with van der Waals surface area (Å²) in [6.07, 6.45) is 1.86. The van der Waals surface area contributed by atoms with Crippen LogP contribution in [-0.4, -0.2) is 15.6 Å². The summed E-state index contributed by atoms with van der Waals surface area (Å²) < 4.78 is 13.0. The van der Waals surface area contributed by atoms with E-state index >= 15 is 0 Å². The Balaban J connectivity index is 0.00000529. The molecule has 0 amide bonds. The Morgan fingerprint density at radius 1 is 0.645 bits per heavy atom. The van der Waals surface area contributed by atoms with E-state index in [0.29, 0.717) is 17.1 Å². The van der Waals surface area contributed by atoms with Gasteiger partial charge in [0.15, 0.2) is 0 Å². The first kappa shape index (κ1) is 42.3. The van der Waals surface area contributed by atoms with Crippen molar-refractivity contribution in [2.24, 2.45) is 0 Å². The molecule has 0 aliphatic carbocycles. The second kappa shape index (κ2) is 15.8. The topological polar surface area (TPSA) is 56.9 Å².